The molecule has 1 N–H and O–H groups in total. The third kappa shape index (κ3) is 2.70. The molecule has 0 aromatic carbocycles. The van der Waals surface area contributed by atoms with Crippen molar-refractivity contribution in [1.29, 1.82) is 0 Å². The van der Waals surface area contributed by atoms with Crippen molar-refractivity contribution in [3.63, 3.8) is 0 Å². The highest BCUT2D eigenvalue weighted by molar-refractivity contribution is 5.89. The van der Waals surface area contributed by atoms with Gasteiger partial charge in [0.05, 0.1) is 0 Å². The minimum atomic E-state index is -0.678. The van der Waals surface area contributed by atoms with E-state index < -0.39 is 5.54 Å². The summed E-state index contributed by atoms with van der Waals surface area (Å²) < 4.78 is 0. The molecule has 1 amide bonds. The zero-order valence-electron chi connectivity index (χ0n) is 13.5. The molecule has 1 aromatic heterocycles. The fraction of sp³-hybridized carbons (Fsp3) is 0.692. The second kappa shape index (κ2) is 5.34. The maximum atomic E-state index is 12.4. The second-order valence-corrected chi connectivity index (χ2v) is 5.84. The van der Waals surface area contributed by atoms with Crippen LogP contribution in [0.1, 0.15) is 13.8 Å². The van der Waals surface area contributed by atoms with Gasteiger partial charge in [-0.15, -0.1) is 0 Å². The number of carbonyl (C=O) groups is 1. The van der Waals surface area contributed by atoms with Gasteiger partial charge in [-0.1, -0.05) is 0 Å². The molecule has 1 fully saturated rings. The molecule has 0 spiro atoms. The summed E-state index contributed by atoms with van der Waals surface area (Å²) in [6.07, 6.45) is 0. The number of piperazine rings is 1. The molecule has 0 bridgehead atoms. The lowest BCUT2D eigenvalue weighted by atomic mass is 9.98. The monoisotopic (exact) mass is 293 g/mol. The lowest BCUT2D eigenvalue weighted by molar-refractivity contribution is -0.136. The lowest BCUT2D eigenvalue weighted by Gasteiger charge is -2.44. The van der Waals surface area contributed by atoms with Crippen LogP contribution in [-0.4, -0.2) is 72.6 Å². The average molecular weight is 293 g/mol. The Kier molecular flexibility index (Phi) is 3.89. The Labute approximate surface area is 125 Å². The van der Waals surface area contributed by atoms with E-state index in [9.17, 15) is 4.79 Å². The summed E-state index contributed by atoms with van der Waals surface area (Å²) in [7, 11) is 7.33. The number of anilines is 3. The first kappa shape index (κ1) is 15.3. The van der Waals surface area contributed by atoms with Crippen molar-refractivity contribution in [2.75, 3.05) is 56.4 Å². The molecule has 2 rings (SSSR count). The van der Waals surface area contributed by atoms with Gasteiger partial charge in [0.1, 0.15) is 5.54 Å². The third-order valence-corrected chi connectivity index (χ3v) is 3.68. The molecular formula is C13H23N7O. The number of likely N-dealkylation sites (N-methyl/N-ethyl adjacent to an activating group) is 1. The van der Waals surface area contributed by atoms with Gasteiger partial charge >= 0.3 is 0 Å². The summed E-state index contributed by atoms with van der Waals surface area (Å²) >= 11 is 0. The quantitative estimate of drug-likeness (QED) is 0.843. The molecule has 0 saturated carbocycles. The van der Waals surface area contributed by atoms with Gasteiger partial charge in [-0.2, -0.15) is 15.0 Å². The number of hydrogen-bond donors (Lipinski definition) is 1. The topological polar surface area (TPSA) is 77.5 Å². The number of hydrogen-bond acceptors (Lipinski definition) is 7. The first-order chi connectivity index (χ1) is 9.77. The van der Waals surface area contributed by atoms with Crippen LogP contribution in [0.25, 0.3) is 0 Å². The highest BCUT2D eigenvalue weighted by atomic mass is 16.2. The number of nitrogens with one attached hydrogen (secondary N) is 1. The van der Waals surface area contributed by atoms with Crippen LogP contribution in [0.2, 0.25) is 0 Å². The molecule has 1 aliphatic heterocycles. The molecule has 1 aliphatic rings. The minimum absolute atomic E-state index is 0.0616. The molecule has 21 heavy (non-hydrogen) atoms. The molecule has 0 radical (unpaired) electrons. The molecule has 1 saturated heterocycles. The summed E-state index contributed by atoms with van der Waals surface area (Å²) in [5.74, 6) is 1.63. The van der Waals surface area contributed by atoms with Crippen molar-refractivity contribution in [2.45, 2.75) is 19.4 Å². The molecular weight excluding hydrogens is 270 g/mol. The van der Waals surface area contributed by atoms with Crippen LogP contribution in [0.15, 0.2) is 0 Å². The first-order valence-electron chi connectivity index (χ1n) is 6.91. The van der Waals surface area contributed by atoms with Crippen LogP contribution in [0.4, 0.5) is 17.8 Å². The average Bonchev–Trinajstić information content (AvgIpc) is 2.44. The normalized spacial score (nSPS) is 17.9. The summed E-state index contributed by atoms with van der Waals surface area (Å²) in [5.41, 5.74) is -0.678. The molecule has 0 unspecified atom stereocenters. The highest BCUT2D eigenvalue weighted by Crippen LogP contribution is 2.27. The zero-order chi connectivity index (χ0) is 15.8. The molecule has 8 nitrogen and oxygen atoms in total. The number of aromatic nitrogens is 3. The number of rotatable bonds is 3. The predicted molar refractivity (Wildman–Crippen MR) is 82.8 cm³/mol. The minimum Gasteiger partial charge on any atom is -0.357 e. The summed E-state index contributed by atoms with van der Waals surface area (Å²) in [6.45, 7) is 5.13. The zero-order valence-corrected chi connectivity index (χ0v) is 13.5. The van der Waals surface area contributed by atoms with Gasteiger partial charge in [0.2, 0.25) is 23.8 Å². The van der Waals surface area contributed by atoms with Crippen molar-refractivity contribution in [1.82, 2.24) is 19.9 Å². The number of carbonyl (C=O) groups excluding carboxylic acids is 1. The Balaban J connectivity index is 2.45. The SMILES string of the molecule is CNc1nc(N(C)C)nc(N2CCN(C)C(=O)C2(C)C)n1. The van der Waals surface area contributed by atoms with Crippen LogP contribution in [0.5, 0.6) is 0 Å². The van der Waals surface area contributed by atoms with Crippen molar-refractivity contribution in [2.24, 2.45) is 0 Å². The second-order valence-electron chi connectivity index (χ2n) is 5.84. The van der Waals surface area contributed by atoms with Crippen LogP contribution in [0, 0.1) is 0 Å². The van der Waals surface area contributed by atoms with Gasteiger partial charge in [-0.3, -0.25) is 4.79 Å². The molecule has 0 aliphatic carbocycles. The predicted octanol–water partition coefficient (Wildman–Crippen LogP) is 0.0363. The van der Waals surface area contributed by atoms with Gasteiger partial charge < -0.3 is 20.0 Å². The smallest absolute Gasteiger partial charge is 0.247 e. The third-order valence-electron chi connectivity index (χ3n) is 3.68. The fourth-order valence-corrected chi connectivity index (χ4v) is 2.35. The fourth-order valence-electron chi connectivity index (χ4n) is 2.35. The Morgan fingerprint density at radius 2 is 1.86 bits per heavy atom. The molecule has 8 heteroatoms. The molecule has 2 heterocycles. The van der Waals surface area contributed by atoms with Crippen molar-refractivity contribution in [3.05, 3.63) is 0 Å². The molecule has 116 valence electrons. The number of amides is 1. The Morgan fingerprint density at radius 1 is 1.19 bits per heavy atom. The van der Waals surface area contributed by atoms with Crippen LogP contribution < -0.4 is 15.1 Å². The maximum absolute atomic E-state index is 12.4. The van der Waals surface area contributed by atoms with E-state index in [0.29, 0.717) is 30.9 Å². The molecule has 1 aromatic rings. The van der Waals surface area contributed by atoms with E-state index in [-0.39, 0.29) is 5.91 Å². The number of nitrogens with zero attached hydrogens (tertiary/aromatic N) is 6. The van der Waals surface area contributed by atoms with E-state index in [1.807, 2.05) is 44.8 Å². The summed E-state index contributed by atoms with van der Waals surface area (Å²) in [5, 5.41) is 2.94. The van der Waals surface area contributed by atoms with Crippen molar-refractivity contribution < 1.29 is 4.79 Å². The highest BCUT2D eigenvalue weighted by Gasteiger charge is 2.42. The standard InChI is InChI=1S/C13H23N7O/c1-13(2)9(21)19(6)7-8-20(13)12-16-10(14-3)15-11(17-12)18(4)5/h7-8H2,1-6H3,(H,14,15,16,17). The van der Waals surface area contributed by atoms with Gasteiger partial charge in [0.15, 0.2) is 0 Å². The van der Waals surface area contributed by atoms with Crippen LogP contribution in [0.3, 0.4) is 0 Å². The van der Waals surface area contributed by atoms with E-state index >= 15 is 0 Å². The Morgan fingerprint density at radius 3 is 2.43 bits per heavy atom. The van der Waals surface area contributed by atoms with Gasteiger partial charge in [0, 0.05) is 41.3 Å². The maximum Gasteiger partial charge on any atom is 0.247 e. The Bertz CT molecular complexity index is 543. The van der Waals surface area contributed by atoms with E-state index in [2.05, 4.69) is 20.3 Å². The van der Waals surface area contributed by atoms with Gasteiger partial charge in [-0.05, 0) is 13.8 Å². The van der Waals surface area contributed by atoms with Crippen molar-refractivity contribution in [3.8, 4) is 0 Å². The van der Waals surface area contributed by atoms with Crippen LogP contribution in [-0.2, 0) is 4.79 Å². The van der Waals surface area contributed by atoms with E-state index in [1.54, 1.807) is 11.9 Å². The summed E-state index contributed by atoms with van der Waals surface area (Å²) in [4.78, 5) is 31.1. The van der Waals surface area contributed by atoms with Gasteiger partial charge in [-0.25, -0.2) is 0 Å². The summed E-state index contributed by atoms with van der Waals surface area (Å²) in [6, 6.07) is 0. The van der Waals surface area contributed by atoms with E-state index in [0.717, 1.165) is 0 Å². The van der Waals surface area contributed by atoms with Gasteiger partial charge in [0.25, 0.3) is 0 Å². The lowest BCUT2D eigenvalue weighted by Crippen LogP contribution is -2.62. The van der Waals surface area contributed by atoms with Crippen molar-refractivity contribution >= 4 is 23.8 Å². The van der Waals surface area contributed by atoms with Crippen LogP contribution >= 0.6 is 0 Å². The van der Waals surface area contributed by atoms with E-state index in [1.165, 1.54) is 0 Å². The largest absolute Gasteiger partial charge is 0.357 e. The first-order valence-corrected chi connectivity index (χ1v) is 6.91. The Hall–Kier alpha value is -2.12. The van der Waals surface area contributed by atoms with E-state index in [4.69, 9.17) is 0 Å². The molecule has 0 atom stereocenters.